The molecule has 0 saturated carbocycles. The molecule has 1 fully saturated rings. The molecule has 1 unspecified atom stereocenters. The topological polar surface area (TPSA) is 49.8 Å². The second-order valence-corrected chi connectivity index (χ2v) is 3.98. The van der Waals surface area contributed by atoms with Crippen molar-refractivity contribution in [1.29, 1.82) is 0 Å². The second-order valence-electron chi connectivity index (χ2n) is 3.98. The lowest BCUT2D eigenvalue weighted by Gasteiger charge is -2.31. The predicted molar refractivity (Wildman–Crippen MR) is 58.6 cm³/mol. The minimum absolute atomic E-state index is 0.0559. The zero-order valence-electron chi connectivity index (χ0n) is 9.30. The lowest BCUT2D eigenvalue weighted by molar-refractivity contribution is -0.151. The Bertz CT molecular complexity index is 410. The van der Waals surface area contributed by atoms with Crippen LogP contribution in [0.3, 0.4) is 0 Å². The number of rotatable bonds is 3. The van der Waals surface area contributed by atoms with E-state index >= 15 is 0 Å². The first kappa shape index (κ1) is 12.0. The molecular weight excluding hydrogens is 225 g/mol. The fraction of sp³-hybridized carbons (Fsp3) is 0.417. The van der Waals surface area contributed by atoms with Crippen LogP contribution in [0.25, 0.3) is 0 Å². The van der Waals surface area contributed by atoms with Crippen LogP contribution < -0.4 is 0 Å². The first-order valence-corrected chi connectivity index (χ1v) is 5.44. The highest BCUT2D eigenvalue weighted by molar-refractivity contribution is 5.78. The van der Waals surface area contributed by atoms with E-state index in [4.69, 9.17) is 9.84 Å². The first-order valence-electron chi connectivity index (χ1n) is 5.44. The first-order chi connectivity index (χ1) is 8.20. The van der Waals surface area contributed by atoms with Gasteiger partial charge in [-0.1, -0.05) is 18.2 Å². The smallest absolute Gasteiger partial charge is 0.248 e. The van der Waals surface area contributed by atoms with Gasteiger partial charge in [0.2, 0.25) is 5.91 Å². The van der Waals surface area contributed by atoms with Gasteiger partial charge in [0.15, 0.2) is 0 Å². The number of carbonyl (C=O) groups is 1. The summed E-state index contributed by atoms with van der Waals surface area (Å²) >= 11 is 0. The molecule has 17 heavy (non-hydrogen) atoms. The van der Waals surface area contributed by atoms with Crippen molar-refractivity contribution in [2.24, 2.45) is 0 Å². The molecule has 1 N–H and O–H groups in total. The van der Waals surface area contributed by atoms with Crippen LogP contribution in [0, 0.1) is 5.82 Å². The van der Waals surface area contributed by atoms with Gasteiger partial charge < -0.3 is 14.7 Å². The Labute approximate surface area is 98.6 Å². The fourth-order valence-electron chi connectivity index (χ4n) is 1.78. The largest absolute Gasteiger partial charge is 0.394 e. The van der Waals surface area contributed by atoms with E-state index in [1.165, 1.54) is 11.0 Å². The number of amides is 1. The van der Waals surface area contributed by atoms with Gasteiger partial charge in [-0.15, -0.1) is 0 Å². The van der Waals surface area contributed by atoms with Crippen LogP contribution in [-0.2, 0) is 16.1 Å². The van der Waals surface area contributed by atoms with Crippen molar-refractivity contribution in [3.8, 4) is 0 Å². The van der Waals surface area contributed by atoms with Gasteiger partial charge in [0.05, 0.1) is 12.7 Å². The molecule has 1 aromatic carbocycles. The third-order valence-electron chi connectivity index (χ3n) is 2.74. The molecule has 92 valence electrons. The average Bonchev–Trinajstić information content (AvgIpc) is 2.35. The van der Waals surface area contributed by atoms with Crippen molar-refractivity contribution in [3.63, 3.8) is 0 Å². The molecule has 0 radical (unpaired) electrons. The fourth-order valence-corrected chi connectivity index (χ4v) is 1.78. The van der Waals surface area contributed by atoms with Gasteiger partial charge in [-0.2, -0.15) is 0 Å². The molecule has 1 aliphatic rings. The number of nitrogens with zero attached hydrogens (tertiary/aromatic N) is 1. The van der Waals surface area contributed by atoms with Crippen molar-refractivity contribution in [1.82, 2.24) is 4.90 Å². The van der Waals surface area contributed by atoms with Gasteiger partial charge in [0.1, 0.15) is 12.4 Å². The summed E-state index contributed by atoms with van der Waals surface area (Å²) in [5, 5.41) is 8.98. The van der Waals surface area contributed by atoms with Crippen LogP contribution in [-0.4, -0.2) is 41.8 Å². The summed E-state index contributed by atoms with van der Waals surface area (Å²) < 4.78 is 18.5. The van der Waals surface area contributed by atoms with Gasteiger partial charge in [0, 0.05) is 18.7 Å². The molecule has 4 nitrogen and oxygen atoms in total. The number of aliphatic hydroxyl groups excluding tert-OH is 1. The van der Waals surface area contributed by atoms with Crippen molar-refractivity contribution in [2.45, 2.75) is 12.6 Å². The van der Waals surface area contributed by atoms with E-state index in [1.54, 1.807) is 18.2 Å². The minimum atomic E-state index is -0.375. The quantitative estimate of drug-likeness (QED) is 0.837. The number of hydrogen-bond acceptors (Lipinski definition) is 3. The highest BCUT2D eigenvalue weighted by atomic mass is 19.1. The van der Waals surface area contributed by atoms with Crippen LogP contribution in [0.4, 0.5) is 4.39 Å². The number of ether oxygens (including phenoxy) is 1. The van der Waals surface area contributed by atoms with Gasteiger partial charge >= 0.3 is 0 Å². The highest BCUT2D eigenvalue weighted by Crippen LogP contribution is 2.13. The number of halogens is 1. The van der Waals surface area contributed by atoms with E-state index in [1.807, 2.05) is 0 Å². The SMILES string of the molecule is O=C1COC(CO)CN1Cc1ccccc1F. The Kier molecular flexibility index (Phi) is 3.71. The highest BCUT2D eigenvalue weighted by Gasteiger charge is 2.26. The standard InChI is InChI=1S/C12H14FNO3/c13-11-4-2-1-3-9(11)5-14-6-10(7-15)17-8-12(14)16/h1-4,10,15H,5-8H2. The maximum atomic E-state index is 13.4. The van der Waals surface area contributed by atoms with Gasteiger partial charge in [0.25, 0.3) is 0 Å². The number of carbonyl (C=O) groups excluding carboxylic acids is 1. The lowest BCUT2D eigenvalue weighted by atomic mass is 10.1. The van der Waals surface area contributed by atoms with Gasteiger partial charge in [-0.05, 0) is 6.07 Å². The van der Waals surface area contributed by atoms with Crippen LogP contribution in [0.2, 0.25) is 0 Å². The van der Waals surface area contributed by atoms with Crippen molar-refractivity contribution < 1.29 is 19.0 Å². The summed E-state index contributed by atoms with van der Waals surface area (Å²) in [4.78, 5) is 13.1. The molecule has 0 aliphatic carbocycles. The van der Waals surface area contributed by atoms with E-state index in [9.17, 15) is 9.18 Å². The normalized spacial score (nSPS) is 20.7. The van der Waals surface area contributed by atoms with E-state index in [2.05, 4.69) is 0 Å². The number of aliphatic hydroxyl groups is 1. The molecule has 1 amide bonds. The summed E-state index contributed by atoms with van der Waals surface area (Å²) in [5.41, 5.74) is 0.472. The zero-order valence-corrected chi connectivity index (χ0v) is 9.30. The zero-order chi connectivity index (χ0) is 12.3. The predicted octanol–water partition coefficient (Wildman–Crippen LogP) is 0.545. The van der Waals surface area contributed by atoms with Crippen LogP contribution in [0.15, 0.2) is 24.3 Å². The number of morpholine rings is 1. The van der Waals surface area contributed by atoms with Crippen LogP contribution in [0.5, 0.6) is 0 Å². The molecule has 1 atom stereocenters. The number of hydrogen-bond donors (Lipinski definition) is 1. The van der Waals surface area contributed by atoms with Crippen molar-refractivity contribution in [2.75, 3.05) is 19.8 Å². The average molecular weight is 239 g/mol. The summed E-state index contributed by atoms with van der Waals surface area (Å²) in [6.45, 7) is 0.315. The Morgan fingerprint density at radius 3 is 2.94 bits per heavy atom. The van der Waals surface area contributed by atoms with E-state index in [-0.39, 0.29) is 37.6 Å². The molecular formula is C12H14FNO3. The molecule has 2 rings (SSSR count). The Morgan fingerprint density at radius 1 is 1.47 bits per heavy atom. The van der Waals surface area contributed by atoms with Gasteiger partial charge in [-0.25, -0.2) is 4.39 Å². The lowest BCUT2D eigenvalue weighted by Crippen LogP contribution is -2.47. The Hall–Kier alpha value is -1.46. The second kappa shape index (κ2) is 5.25. The molecule has 1 saturated heterocycles. The molecule has 0 spiro atoms. The molecule has 1 aromatic rings. The van der Waals surface area contributed by atoms with Gasteiger partial charge in [-0.3, -0.25) is 4.79 Å². The minimum Gasteiger partial charge on any atom is -0.394 e. The third-order valence-corrected chi connectivity index (χ3v) is 2.74. The van der Waals surface area contributed by atoms with Crippen molar-refractivity contribution in [3.05, 3.63) is 35.6 Å². The summed E-state index contributed by atoms with van der Waals surface area (Å²) in [6, 6.07) is 6.35. The summed E-state index contributed by atoms with van der Waals surface area (Å²) in [7, 11) is 0. The third kappa shape index (κ3) is 2.81. The molecule has 0 bridgehead atoms. The van der Waals surface area contributed by atoms with Crippen LogP contribution in [0.1, 0.15) is 5.56 Å². The van der Waals surface area contributed by atoms with E-state index in [0.717, 1.165) is 0 Å². The Morgan fingerprint density at radius 2 is 2.24 bits per heavy atom. The monoisotopic (exact) mass is 239 g/mol. The molecule has 1 heterocycles. The maximum Gasteiger partial charge on any atom is 0.248 e. The van der Waals surface area contributed by atoms with E-state index < -0.39 is 0 Å². The Balaban J connectivity index is 2.07. The maximum absolute atomic E-state index is 13.4. The van der Waals surface area contributed by atoms with Crippen molar-refractivity contribution >= 4 is 5.91 Å². The molecule has 1 aliphatic heterocycles. The summed E-state index contributed by atoms with van der Waals surface area (Å²) in [6.07, 6.45) is -0.375. The molecule has 0 aromatic heterocycles. The summed E-state index contributed by atoms with van der Waals surface area (Å²) in [5.74, 6) is -0.509. The van der Waals surface area contributed by atoms with Crippen LogP contribution >= 0.6 is 0 Å². The van der Waals surface area contributed by atoms with E-state index in [0.29, 0.717) is 12.1 Å². The number of benzene rings is 1. The molecule has 5 heteroatoms.